The predicted octanol–water partition coefficient (Wildman–Crippen LogP) is 10.5. The topological polar surface area (TPSA) is 57.7 Å². The van der Waals surface area contributed by atoms with Crippen molar-refractivity contribution in [3.63, 3.8) is 0 Å². The molecule has 11 heteroatoms. The molecule has 1 heterocycles. The monoisotopic (exact) mass is 657 g/mol. The Hall–Kier alpha value is -1.44. The van der Waals surface area contributed by atoms with Gasteiger partial charge in [-0.3, -0.25) is 8.73 Å². The quantitative estimate of drug-likeness (QED) is 0.0809. The van der Waals surface area contributed by atoms with E-state index in [4.69, 9.17) is 65.2 Å². The lowest BCUT2D eigenvalue weighted by Gasteiger charge is -2.26. The van der Waals surface area contributed by atoms with Crippen molar-refractivity contribution in [2.45, 2.75) is 63.9 Å². The summed E-state index contributed by atoms with van der Waals surface area (Å²) in [6, 6.07) is 16.2. The van der Waals surface area contributed by atoms with Gasteiger partial charge in [-0.25, -0.2) is 4.98 Å². The lowest BCUT2D eigenvalue weighted by molar-refractivity contribution is 0.188. The van der Waals surface area contributed by atoms with E-state index in [1.165, 1.54) is 12.1 Å². The van der Waals surface area contributed by atoms with Gasteiger partial charge in [0.15, 0.2) is 5.75 Å². The number of fused-ring (bicyclic) bond motifs is 2. The molecule has 0 bridgehead atoms. The van der Waals surface area contributed by atoms with Gasteiger partial charge in [-0.05, 0) is 68.3 Å². The highest BCUT2D eigenvalue weighted by Crippen LogP contribution is 2.54. The number of rotatable bonds is 13. The average Bonchev–Trinajstić information content (AvgIpc) is 2.91. The zero-order valence-electron chi connectivity index (χ0n) is 22.5. The fourth-order valence-electron chi connectivity index (χ4n) is 4.05. The van der Waals surface area contributed by atoms with Gasteiger partial charge in [-0.1, -0.05) is 74.0 Å². The smallest absolute Gasteiger partial charge is 0.416 e. The van der Waals surface area contributed by atoms with Crippen LogP contribution in [0.25, 0.3) is 21.8 Å². The molecule has 0 aliphatic carbocycles. The molecule has 0 aliphatic heterocycles. The minimum atomic E-state index is -3.42. The molecular weight excluding hydrogens is 628 g/mol. The third-order valence-corrected chi connectivity index (χ3v) is 10.7. The lowest BCUT2D eigenvalue weighted by Crippen LogP contribution is -2.12. The number of unbranched alkanes of at least 4 members (excludes halogenated alkanes) is 3. The van der Waals surface area contributed by atoms with Crippen molar-refractivity contribution in [2.24, 2.45) is 0 Å². The molecule has 1 aromatic heterocycles. The summed E-state index contributed by atoms with van der Waals surface area (Å²) in [6.07, 6.45) is 4.75. The molecule has 0 amide bonds. The highest BCUT2D eigenvalue weighted by molar-refractivity contribution is 8.07. The number of pyridine rings is 1. The normalized spacial score (nSPS) is 14.7. The molecule has 3 atom stereocenters. The molecule has 3 aromatic carbocycles. The summed E-state index contributed by atoms with van der Waals surface area (Å²) in [5.74, 6) is 1.22. The Bertz CT molecular complexity index is 1560. The van der Waals surface area contributed by atoms with Crippen LogP contribution in [0.4, 0.5) is 0 Å². The van der Waals surface area contributed by atoms with Crippen molar-refractivity contribution < 1.29 is 17.8 Å². The molecule has 0 spiro atoms. The van der Waals surface area contributed by atoms with E-state index in [1.54, 1.807) is 6.07 Å². The second-order valence-electron chi connectivity index (χ2n) is 9.43. The molecule has 0 fully saturated rings. The van der Waals surface area contributed by atoms with Crippen LogP contribution in [0, 0.1) is 0 Å². The van der Waals surface area contributed by atoms with Gasteiger partial charge in [0.05, 0.1) is 38.0 Å². The van der Waals surface area contributed by atoms with Gasteiger partial charge < -0.3 is 9.05 Å². The third-order valence-electron chi connectivity index (χ3n) is 6.28. The van der Waals surface area contributed by atoms with E-state index < -0.39 is 17.5 Å². The Kier molecular flexibility index (Phi) is 11.1. The maximum absolute atomic E-state index is 13.2. The first kappa shape index (κ1) is 31.5. The summed E-state index contributed by atoms with van der Waals surface area (Å²) in [5, 5.41) is 2.44. The van der Waals surface area contributed by atoms with Crippen molar-refractivity contribution in [1.29, 1.82) is 0 Å². The molecule has 0 aliphatic rings. The van der Waals surface area contributed by atoms with Crippen molar-refractivity contribution in [3.05, 3.63) is 69.7 Å². The first-order valence-corrected chi connectivity index (χ1v) is 18.2. The van der Waals surface area contributed by atoms with Crippen LogP contribution < -0.4 is 9.05 Å². The van der Waals surface area contributed by atoms with E-state index in [2.05, 4.69) is 6.92 Å². The van der Waals surface area contributed by atoms with Crippen LogP contribution in [0.15, 0.2) is 59.5 Å². The Morgan fingerprint density at radius 1 is 0.950 bits per heavy atom. The molecule has 0 saturated carbocycles. The van der Waals surface area contributed by atoms with Gasteiger partial charge >= 0.3 is 6.72 Å². The molecule has 0 saturated heterocycles. The number of nitrogens with zero attached hydrogens (tertiary/aromatic N) is 1. The van der Waals surface area contributed by atoms with Crippen molar-refractivity contribution in [2.75, 3.05) is 5.75 Å². The van der Waals surface area contributed by atoms with E-state index >= 15 is 0 Å². The number of benzene rings is 3. The van der Waals surface area contributed by atoms with Crippen LogP contribution in [-0.2, 0) is 27.1 Å². The highest BCUT2D eigenvalue weighted by Gasteiger charge is 2.29. The molecule has 5 nitrogen and oxygen atoms in total. The maximum atomic E-state index is 13.2. The van der Waals surface area contributed by atoms with Gasteiger partial charge in [-0.2, -0.15) is 0 Å². The summed E-state index contributed by atoms with van der Waals surface area (Å²) in [5.41, 5.74) is 1.56. The minimum Gasteiger partial charge on any atom is -0.416 e. The summed E-state index contributed by atoms with van der Waals surface area (Å²) >= 11 is 24.6. The largest absolute Gasteiger partial charge is 0.435 e. The zero-order valence-corrected chi connectivity index (χ0v) is 27.3. The fourth-order valence-corrected chi connectivity index (χ4v) is 8.80. The molecule has 4 aromatic rings. The van der Waals surface area contributed by atoms with Crippen LogP contribution in [0.3, 0.4) is 0 Å². The number of hydrogen-bond acceptors (Lipinski definition) is 6. The highest BCUT2D eigenvalue weighted by atomic mass is 35.5. The van der Waals surface area contributed by atoms with E-state index in [0.717, 1.165) is 52.4 Å². The number of aromatic nitrogens is 1. The lowest BCUT2D eigenvalue weighted by atomic mass is 10.1. The van der Waals surface area contributed by atoms with E-state index in [9.17, 15) is 4.21 Å². The Balaban J connectivity index is 1.68. The molecule has 0 radical (unpaired) electrons. The summed E-state index contributed by atoms with van der Waals surface area (Å²) < 4.78 is 31.6. The predicted molar refractivity (Wildman–Crippen MR) is 173 cm³/mol. The molecular formula is C29H31Cl3NO4PS2. The van der Waals surface area contributed by atoms with Crippen molar-refractivity contribution >= 4 is 85.9 Å². The van der Waals surface area contributed by atoms with Crippen LogP contribution in [-0.4, -0.2) is 21.0 Å². The van der Waals surface area contributed by atoms with E-state index in [0.29, 0.717) is 22.9 Å². The standard InChI is InChI=1S/C29H31Cl3NO4PS2/c1-4-6-7-8-14-40(34)28-11-9-10-27-23(28)16-20-15-22(12-13-26(20)33-27)36-38(39,35-19(3)5-2)37-29-24(31)17-21(30)18-25(29)32/h9-13,15-19H,4-8,14H2,1-3H3. The Labute approximate surface area is 258 Å². The summed E-state index contributed by atoms with van der Waals surface area (Å²) in [4.78, 5) is 5.60. The van der Waals surface area contributed by atoms with Gasteiger partial charge in [0.2, 0.25) is 0 Å². The van der Waals surface area contributed by atoms with E-state index in [1.807, 2.05) is 50.2 Å². The van der Waals surface area contributed by atoms with Crippen LogP contribution in [0.1, 0.15) is 52.9 Å². The Morgan fingerprint density at radius 3 is 2.40 bits per heavy atom. The first-order valence-electron chi connectivity index (χ1n) is 13.2. The second kappa shape index (κ2) is 14.2. The molecule has 3 unspecified atom stereocenters. The van der Waals surface area contributed by atoms with Gasteiger partial charge in [0.1, 0.15) is 5.75 Å². The fraction of sp³-hybridized carbons (Fsp3) is 0.345. The number of halogens is 3. The number of hydrogen-bond donors (Lipinski definition) is 0. The maximum Gasteiger partial charge on any atom is 0.435 e. The first-order chi connectivity index (χ1) is 19.1. The van der Waals surface area contributed by atoms with E-state index in [-0.39, 0.29) is 21.9 Å². The minimum absolute atomic E-state index is 0.152. The Morgan fingerprint density at radius 2 is 1.70 bits per heavy atom. The second-order valence-corrected chi connectivity index (χ2v) is 15.0. The summed E-state index contributed by atoms with van der Waals surface area (Å²) in [6.45, 7) is 2.61. The molecule has 40 heavy (non-hydrogen) atoms. The van der Waals surface area contributed by atoms with Gasteiger partial charge in [0, 0.05) is 38.3 Å². The third kappa shape index (κ3) is 7.89. The van der Waals surface area contributed by atoms with Crippen molar-refractivity contribution in [3.8, 4) is 11.5 Å². The molecule has 214 valence electrons. The van der Waals surface area contributed by atoms with Crippen LogP contribution >= 0.6 is 41.5 Å². The summed E-state index contributed by atoms with van der Waals surface area (Å²) in [7, 11) is -1.12. The van der Waals surface area contributed by atoms with Crippen LogP contribution in [0.2, 0.25) is 15.1 Å². The van der Waals surface area contributed by atoms with Crippen molar-refractivity contribution in [1.82, 2.24) is 4.98 Å². The SMILES string of the molecule is CCCCCCS(=O)c1cccc2nc3ccc(OP(=S)(Oc4c(Cl)cc(Cl)cc4Cl)OC(C)CC)cc3cc12. The molecule has 4 rings (SSSR count). The zero-order chi connectivity index (χ0) is 28.9. The van der Waals surface area contributed by atoms with Gasteiger partial charge in [-0.15, -0.1) is 0 Å². The van der Waals surface area contributed by atoms with Gasteiger partial charge in [0.25, 0.3) is 0 Å². The van der Waals surface area contributed by atoms with Crippen LogP contribution in [0.5, 0.6) is 11.5 Å². The average molecular weight is 659 g/mol. The molecule has 0 N–H and O–H groups in total.